The Bertz CT molecular complexity index is 1230. The molecule has 10 atom stereocenters. The summed E-state index contributed by atoms with van der Waals surface area (Å²) >= 11 is 0. The van der Waals surface area contributed by atoms with Crippen molar-refractivity contribution in [1.29, 1.82) is 0 Å². The van der Waals surface area contributed by atoms with Gasteiger partial charge in [-0.25, -0.2) is 4.79 Å². The Kier molecular flexibility index (Phi) is 14.3. The third kappa shape index (κ3) is 10.6. The van der Waals surface area contributed by atoms with Gasteiger partial charge in [-0.15, -0.1) is 5.06 Å². The molecule has 4 heterocycles. The molecule has 4 fully saturated rings. The molecule has 0 aromatic heterocycles. The highest BCUT2D eigenvalue weighted by atomic mass is 16.8. The Morgan fingerprint density at radius 3 is 1.98 bits per heavy atom. The molecule has 5 amide bonds. The van der Waals surface area contributed by atoms with Crippen LogP contribution < -0.4 is 16.0 Å². The molecule has 0 aliphatic carbocycles. The van der Waals surface area contributed by atoms with Gasteiger partial charge in [0.1, 0.15) is 36.6 Å². The van der Waals surface area contributed by atoms with Gasteiger partial charge in [0.05, 0.1) is 45.4 Å². The molecule has 0 aromatic rings. The molecule has 22 heteroatoms. The number of fused-ring (bicyclic) bond motifs is 3. The zero-order valence-electron chi connectivity index (χ0n) is 27.1. The van der Waals surface area contributed by atoms with Crippen LogP contribution in [0.4, 0.5) is 0 Å². The highest BCUT2D eigenvalue weighted by Crippen LogP contribution is 2.30. The summed E-state index contributed by atoms with van der Waals surface area (Å²) in [4.78, 5) is 79.3. The van der Waals surface area contributed by atoms with E-state index in [1.54, 1.807) is 0 Å². The summed E-state index contributed by atoms with van der Waals surface area (Å²) in [5, 5.41) is 60.3. The molecule has 0 aromatic carbocycles. The van der Waals surface area contributed by atoms with Crippen LogP contribution in [-0.2, 0) is 57.3 Å². The van der Waals surface area contributed by atoms with Gasteiger partial charge in [0, 0.05) is 32.5 Å². The zero-order chi connectivity index (χ0) is 36.5. The number of hydrogen-bond acceptors (Lipinski definition) is 18. The van der Waals surface area contributed by atoms with Crippen molar-refractivity contribution in [2.24, 2.45) is 0 Å². The number of hydroxylamine groups is 2. The third-order valence-corrected chi connectivity index (χ3v) is 7.97. The van der Waals surface area contributed by atoms with Crippen LogP contribution in [0.2, 0.25) is 0 Å². The predicted molar refractivity (Wildman–Crippen MR) is 157 cm³/mol. The Morgan fingerprint density at radius 2 is 1.36 bits per heavy atom. The molecule has 22 nitrogen and oxygen atoms in total. The Hall–Kier alpha value is -3.42. The molecule has 0 spiro atoms. The second kappa shape index (κ2) is 18.2. The maximum atomic E-state index is 12.8. The van der Waals surface area contributed by atoms with E-state index in [-0.39, 0.29) is 52.1 Å². The van der Waals surface area contributed by atoms with Crippen molar-refractivity contribution >= 4 is 35.5 Å². The number of carbonyl (C=O) groups excluding carboxylic acids is 6. The van der Waals surface area contributed by atoms with E-state index in [1.807, 2.05) is 0 Å². The molecule has 0 unspecified atom stereocenters. The number of aliphatic hydroxyl groups excluding tert-OH is 5. The monoisotopic (exact) mass is 721 g/mol. The lowest BCUT2D eigenvalue weighted by molar-refractivity contribution is -0.387. The number of nitrogens with one attached hydrogen (secondary N) is 3. The number of aliphatic hydroxyl groups is 5. The molecule has 4 aliphatic rings. The number of imide groups is 1. The zero-order valence-corrected chi connectivity index (χ0v) is 27.1. The molecule has 282 valence electrons. The average molecular weight is 722 g/mol. The number of rotatable bonds is 6. The highest BCUT2D eigenvalue weighted by molar-refractivity contribution is 6.01. The van der Waals surface area contributed by atoms with Crippen LogP contribution in [0.5, 0.6) is 0 Å². The first-order chi connectivity index (χ1) is 23.7. The summed E-state index contributed by atoms with van der Waals surface area (Å²) in [6.45, 7) is -0.936. The smallest absolute Gasteiger partial charge is 0.334 e. The maximum absolute atomic E-state index is 12.8. The van der Waals surface area contributed by atoms with Crippen LogP contribution in [-0.4, -0.2) is 185 Å². The maximum Gasteiger partial charge on any atom is 0.334 e. The summed E-state index contributed by atoms with van der Waals surface area (Å²) in [6.07, 6.45) is -16.1. The molecule has 8 N–H and O–H groups in total. The Morgan fingerprint density at radius 1 is 0.780 bits per heavy atom. The van der Waals surface area contributed by atoms with Crippen LogP contribution in [0.3, 0.4) is 0 Å². The van der Waals surface area contributed by atoms with E-state index in [4.69, 9.17) is 28.5 Å². The Balaban J connectivity index is 1.37. The van der Waals surface area contributed by atoms with Crippen LogP contribution in [0.25, 0.3) is 0 Å². The van der Waals surface area contributed by atoms with E-state index in [9.17, 15) is 54.3 Å². The normalized spacial score (nSPS) is 35.5. The fourth-order valence-electron chi connectivity index (χ4n) is 5.29. The quantitative estimate of drug-likeness (QED) is 0.118. The molecule has 4 saturated heterocycles. The van der Waals surface area contributed by atoms with Crippen molar-refractivity contribution in [3.63, 3.8) is 0 Å². The SMILES string of the molecule is C[C@@H]1O[C@H]2OCCNC(=O)CN(CC(=O)NCCC(=O)ON3C(=O)CCC3=O)CC(=O)NCCO[C@@H]3O[C@@H](O[C@H]2[C@H](O)[C@@H]1O)[C@@H](O)[C@@H](O)[C@@H]3O. The van der Waals surface area contributed by atoms with Gasteiger partial charge in [0.25, 0.3) is 11.8 Å². The van der Waals surface area contributed by atoms with Crippen LogP contribution in [0.15, 0.2) is 0 Å². The van der Waals surface area contributed by atoms with E-state index in [2.05, 4.69) is 16.0 Å². The summed E-state index contributed by atoms with van der Waals surface area (Å²) in [5.74, 6) is -4.17. The van der Waals surface area contributed by atoms with Crippen molar-refractivity contribution in [2.45, 2.75) is 87.8 Å². The molecular weight excluding hydrogens is 678 g/mol. The summed E-state index contributed by atoms with van der Waals surface area (Å²) in [5.41, 5.74) is 0. The summed E-state index contributed by atoms with van der Waals surface area (Å²) in [6, 6.07) is 0. The topological polar surface area (TPSA) is 302 Å². The minimum absolute atomic E-state index is 0.0771. The number of nitrogens with zero attached hydrogens (tertiary/aromatic N) is 2. The number of hydrogen-bond donors (Lipinski definition) is 8. The summed E-state index contributed by atoms with van der Waals surface area (Å²) in [7, 11) is 0. The van der Waals surface area contributed by atoms with Gasteiger partial charge >= 0.3 is 5.97 Å². The Labute approximate surface area is 284 Å². The molecule has 0 radical (unpaired) electrons. The van der Waals surface area contributed by atoms with Gasteiger partial charge in [-0.3, -0.25) is 28.9 Å². The van der Waals surface area contributed by atoms with E-state index in [0.717, 1.165) is 0 Å². The lowest BCUT2D eigenvalue weighted by atomic mass is 9.99. The highest BCUT2D eigenvalue weighted by Gasteiger charge is 2.50. The first kappa shape index (κ1) is 39.4. The van der Waals surface area contributed by atoms with Gasteiger partial charge in [-0.1, -0.05) is 0 Å². The van der Waals surface area contributed by atoms with Gasteiger partial charge in [0.15, 0.2) is 18.9 Å². The molecule has 50 heavy (non-hydrogen) atoms. The first-order valence-corrected chi connectivity index (χ1v) is 15.9. The average Bonchev–Trinajstić information content (AvgIpc) is 3.37. The molecular formula is C28H43N5O17. The lowest BCUT2D eigenvalue weighted by Crippen LogP contribution is -2.64. The number of amides is 5. The minimum Gasteiger partial charge on any atom is -0.388 e. The van der Waals surface area contributed by atoms with Gasteiger partial charge < -0.3 is 70.0 Å². The van der Waals surface area contributed by atoms with Crippen LogP contribution in [0.1, 0.15) is 26.2 Å². The molecule has 4 aliphatic heterocycles. The summed E-state index contributed by atoms with van der Waals surface area (Å²) < 4.78 is 27.9. The fraction of sp³-hybridized carbons (Fsp3) is 0.786. The van der Waals surface area contributed by atoms with E-state index in [0.29, 0.717) is 5.06 Å². The van der Waals surface area contributed by atoms with Gasteiger partial charge in [-0.05, 0) is 6.92 Å². The van der Waals surface area contributed by atoms with Gasteiger partial charge in [0.2, 0.25) is 17.7 Å². The second-order valence-electron chi connectivity index (χ2n) is 11.9. The molecule has 2 bridgehead atoms. The third-order valence-electron chi connectivity index (χ3n) is 7.97. The lowest BCUT2D eigenvalue weighted by Gasteiger charge is -2.45. The van der Waals surface area contributed by atoms with Crippen molar-refractivity contribution in [2.75, 3.05) is 52.5 Å². The largest absolute Gasteiger partial charge is 0.388 e. The van der Waals surface area contributed by atoms with Crippen molar-refractivity contribution in [3.8, 4) is 0 Å². The van der Waals surface area contributed by atoms with E-state index >= 15 is 0 Å². The number of carbonyl (C=O) groups is 6. The second-order valence-corrected chi connectivity index (χ2v) is 11.9. The van der Waals surface area contributed by atoms with Crippen LogP contribution in [0, 0.1) is 0 Å². The van der Waals surface area contributed by atoms with Crippen molar-refractivity contribution in [3.05, 3.63) is 0 Å². The fourth-order valence-corrected chi connectivity index (χ4v) is 5.29. The van der Waals surface area contributed by atoms with Gasteiger partial charge in [-0.2, -0.15) is 0 Å². The molecule has 0 saturated carbocycles. The van der Waals surface area contributed by atoms with Crippen LogP contribution >= 0.6 is 0 Å². The number of ether oxygens (including phenoxy) is 5. The van der Waals surface area contributed by atoms with Crippen molar-refractivity contribution in [1.82, 2.24) is 25.9 Å². The molecule has 4 rings (SSSR count). The first-order valence-electron chi connectivity index (χ1n) is 15.9. The van der Waals surface area contributed by atoms with Crippen molar-refractivity contribution < 1.29 is 82.8 Å². The standard InChI is InChI=1S/C28H43N5O17/c1-13-20(40)22(42)25-28(47-13)46-9-7-31-16(36)12-32(10-14(34)29-5-4-19(39)50-33-17(37)2-3-18(33)38)11-15(35)30-6-8-45-26-23(43)21(41)24(44)27(48-25)49-26/h13,20-28,40-44H,2-12H2,1H3,(H,29,34)(H,30,35)(H,31,36)/t13-,20+,21-,22+,23-,24-,25-,26+,27+,28+/m0/s1. The predicted octanol–water partition coefficient (Wildman–Crippen LogP) is -6.70. The van der Waals surface area contributed by atoms with E-state index < -0.39 is 117 Å². The van der Waals surface area contributed by atoms with E-state index in [1.165, 1.54) is 11.8 Å². The minimum atomic E-state index is -1.83.